The maximum absolute atomic E-state index is 12.6. The molecule has 0 aliphatic rings. The first-order chi connectivity index (χ1) is 12.5. The average Bonchev–Trinajstić information content (AvgIpc) is 3.18. The minimum absolute atomic E-state index is 0.151. The Balaban J connectivity index is 2.09. The van der Waals surface area contributed by atoms with Crippen LogP contribution in [0.15, 0.2) is 52.0 Å². The number of hydrogen-bond acceptors (Lipinski definition) is 5. The second kappa shape index (κ2) is 9.75. The van der Waals surface area contributed by atoms with Crippen molar-refractivity contribution in [2.75, 3.05) is 26.2 Å². The Bertz CT molecular complexity index is 738. The molecule has 1 aromatic heterocycles. The molecule has 1 atom stereocenters. The molecule has 1 heterocycles. The maximum Gasteiger partial charge on any atom is 0.240 e. The van der Waals surface area contributed by atoms with E-state index < -0.39 is 10.0 Å². The molecule has 0 spiro atoms. The van der Waals surface area contributed by atoms with E-state index in [1.54, 1.807) is 30.5 Å². The summed E-state index contributed by atoms with van der Waals surface area (Å²) in [5.41, 5.74) is 0. The fourth-order valence-electron chi connectivity index (χ4n) is 2.76. The van der Waals surface area contributed by atoms with Gasteiger partial charge in [-0.25, -0.2) is 13.1 Å². The third kappa shape index (κ3) is 5.33. The normalized spacial score (nSPS) is 13.1. The van der Waals surface area contributed by atoms with Gasteiger partial charge in [0.25, 0.3) is 0 Å². The minimum Gasteiger partial charge on any atom is -0.494 e. The molecule has 0 aliphatic heterocycles. The number of hydrogen-bond donors (Lipinski definition) is 1. The number of sulfonamides is 1. The van der Waals surface area contributed by atoms with Crippen LogP contribution in [0, 0.1) is 0 Å². The molecule has 26 heavy (non-hydrogen) atoms. The molecule has 0 aliphatic carbocycles. The van der Waals surface area contributed by atoms with Gasteiger partial charge >= 0.3 is 0 Å². The highest BCUT2D eigenvalue weighted by molar-refractivity contribution is 7.89. The van der Waals surface area contributed by atoms with Crippen molar-refractivity contribution in [3.05, 3.63) is 48.4 Å². The van der Waals surface area contributed by atoms with Gasteiger partial charge < -0.3 is 9.15 Å². The van der Waals surface area contributed by atoms with Gasteiger partial charge in [0.1, 0.15) is 11.5 Å². The minimum atomic E-state index is -3.61. The lowest BCUT2D eigenvalue weighted by molar-refractivity contribution is 0.194. The van der Waals surface area contributed by atoms with E-state index in [1.807, 2.05) is 32.9 Å². The molecule has 7 heteroatoms. The molecule has 1 aromatic carbocycles. The average molecular weight is 381 g/mol. The van der Waals surface area contributed by atoms with Crippen LogP contribution in [0.25, 0.3) is 0 Å². The standard InChI is InChI=1S/C19H28N2O4S/c1-4-13-24-16-9-11-17(12-10-16)26(22,23)20-15-18(21(5-2)6-3)19-8-7-14-25-19/h7-12,14,18,20H,4-6,13,15H2,1-3H3. The molecule has 0 saturated heterocycles. The number of benzene rings is 1. The molecule has 6 nitrogen and oxygen atoms in total. The van der Waals surface area contributed by atoms with Crippen LogP contribution < -0.4 is 9.46 Å². The number of furan rings is 1. The van der Waals surface area contributed by atoms with Crippen molar-refractivity contribution < 1.29 is 17.6 Å². The molecule has 0 amide bonds. The zero-order valence-electron chi connectivity index (χ0n) is 15.6. The number of rotatable bonds is 11. The monoisotopic (exact) mass is 380 g/mol. The lowest BCUT2D eigenvalue weighted by Crippen LogP contribution is -2.37. The fourth-order valence-corrected chi connectivity index (χ4v) is 3.80. The van der Waals surface area contributed by atoms with E-state index in [0.29, 0.717) is 12.4 Å². The Hall–Kier alpha value is -1.83. The number of ether oxygens (including phenoxy) is 1. The Kier molecular flexibility index (Phi) is 7.68. The van der Waals surface area contributed by atoms with Gasteiger partial charge in [-0.3, -0.25) is 4.90 Å². The van der Waals surface area contributed by atoms with Gasteiger partial charge in [-0.15, -0.1) is 0 Å². The van der Waals surface area contributed by atoms with Crippen LogP contribution in [0.5, 0.6) is 5.75 Å². The van der Waals surface area contributed by atoms with Gasteiger partial charge in [-0.05, 0) is 55.9 Å². The molecule has 0 saturated carbocycles. The summed E-state index contributed by atoms with van der Waals surface area (Å²) in [5.74, 6) is 1.42. The van der Waals surface area contributed by atoms with E-state index in [4.69, 9.17) is 9.15 Å². The largest absolute Gasteiger partial charge is 0.494 e. The van der Waals surface area contributed by atoms with Crippen molar-refractivity contribution in [3.63, 3.8) is 0 Å². The maximum atomic E-state index is 12.6. The van der Waals surface area contributed by atoms with Gasteiger partial charge in [0, 0.05) is 6.54 Å². The Morgan fingerprint density at radius 3 is 2.35 bits per heavy atom. The number of likely N-dealkylation sites (N-methyl/N-ethyl adjacent to an activating group) is 1. The van der Waals surface area contributed by atoms with Crippen LogP contribution in [0.3, 0.4) is 0 Å². The summed E-state index contributed by atoms with van der Waals surface area (Å²) in [6.07, 6.45) is 2.51. The van der Waals surface area contributed by atoms with Crippen LogP contribution in [0.1, 0.15) is 39.0 Å². The van der Waals surface area contributed by atoms with Gasteiger partial charge in [-0.1, -0.05) is 20.8 Å². The molecule has 1 N–H and O–H groups in total. The van der Waals surface area contributed by atoms with E-state index >= 15 is 0 Å². The second-order valence-corrected chi connectivity index (χ2v) is 7.69. The summed E-state index contributed by atoms with van der Waals surface area (Å²) in [6, 6.07) is 10.0. The summed E-state index contributed by atoms with van der Waals surface area (Å²) in [5, 5.41) is 0. The van der Waals surface area contributed by atoms with Crippen molar-refractivity contribution in [3.8, 4) is 5.75 Å². The fraction of sp³-hybridized carbons (Fsp3) is 0.474. The zero-order chi connectivity index (χ0) is 19.0. The lowest BCUT2D eigenvalue weighted by Gasteiger charge is -2.28. The van der Waals surface area contributed by atoms with Crippen LogP contribution in [0.2, 0.25) is 0 Å². The smallest absolute Gasteiger partial charge is 0.240 e. The van der Waals surface area contributed by atoms with E-state index in [0.717, 1.165) is 25.3 Å². The number of nitrogens with zero attached hydrogens (tertiary/aromatic N) is 1. The molecule has 0 fully saturated rings. The summed E-state index contributed by atoms with van der Waals surface area (Å²) in [7, 11) is -3.61. The third-order valence-electron chi connectivity index (χ3n) is 4.20. The van der Waals surface area contributed by atoms with Gasteiger partial charge in [0.15, 0.2) is 0 Å². The van der Waals surface area contributed by atoms with Crippen LogP contribution >= 0.6 is 0 Å². The Labute approximate surface area is 156 Å². The van der Waals surface area contributed by atoms with Gasteiger partial charge in [-0.2, -0.15) is 0 Å². The molecule has 0 radical (unpaired) electrons. The first-order valence-electron chi connectivity index (χ1n) is 9.01. The SMILES string of the molecule is CCCOc1ccc(S(=O)(=O)NCC(c2ccco2)N(CC)CC)cc1. The first-order valence-corrected chi connectivity index (χ1v) is 10.5. The third-order valence-corrected chi connectivity index (χ3v) is 5.64. The van der Waals surface area contributed by atoms with Crippen LogP contribution in [-0.2, 0) is 10.0 Å². The predicted octanol–water partition coefficient (Wildman–Crippen LogP) is 3.43. The summed E-state index contributed by atoms with van der Waals surface area (Å²) >= 11 is 0. The first kappa shape index (κ1) is 20.5. The predicted molar refractivity (Wildman–Crippen MR) is 102 cm³/mol. The van der Waals surface area contributed by atoms with Crippen LogP contribution in [-0.4, -0.2) is 39.6 Å². The van der Waals surface area contributed by atoms with E-state index in [1.165, 1.54) is 0 Å². The van der Waals surface area contributed by atoms with Gasteiger partial charge in [0.05, 0.1) is 23.8 Å². The summed E-state index contributed by atoms with van der Waals surface area (Å²) in [4.78, 5) is 2.38. The second-order valence-electron chi connectivity index (χ2n) is 5.92. The van der Waals surface area contributed by atoms with Crippen molar-refractivity contribution >= 4 is 10.0 Å². The van der Waals surface area contributed by atoms with Crippen molar-refractivity contribution in [2.24, 2.45) is 0 Å². The van der Waals surface area contributed by atoms with Gasteiger partial charge in [0.2, 0.25) is 10.0 Å². The van der Waals surface area contributed by atoms with Crippen molar-refractivity contribution in [1.82, 2.24) is 9.62 Å². The summed E-state index contributed by atoms with van der Waals surface area (Å²) in [6.45, 7) is 8.56. The van der Waals surface area contributed by atoms with E-state index in [2.05, 4.69) is 9.62 Å². The van der Waals surface area contributed by atoms with Crippen LogP contribution in [0.4, 0.5) is 0 Å². The van der Waals surface area contributed by atoms with Crippen molar-refractivity contribution in [1.29, 1.82) is 0 Å². The Morgan fingerprint density at radius 1 is 1.12 bits per heavy atom. The van der Waals surface area contributed by atoms with Crippen molar-refractivity contribution in [2.45, 2.75) is 38.1 Å². The lowest BCUT2D eigenvalue weighted by atomic mass is 10.2. The molecular weight excluding hydrogens is 352 g/mol. The summed E-state index contributed by atoms with van der Waals surface area (Å²) < 4.78 is 39.0. The zero-order valence-corrected chi connectivity index (χ0v) is 16.5. The molecular formula is C19H28N2O4S. The topological polar surface area (TPSA) is 71.8 Å². The number of nitrogens with one attached hydrogen (secondary N) is 1. The van der Waals surface area contributed by atoms with E-state index in [-0.39, 0.29) is 17.5 Å². The van der Waals surface area contributed by atoms with E-state index in [9.17, 15) is 8.42 Å². The highest BCUT2D eigenvalue weighted by atomic mass is 32.2. The molecule has 2 aromatic rings. The quantitative estimate of drug-likeness (QED) is 0.647. The Morgan fingerprint density at radius 2 is 1.81 bits per heavy atom. The molecule has 2 rings (SSSR count). The molecule has 144 valence electrons. The highest BCUT2D eigenvalue weighted by Gasteiger charge is 2.23. The molecule has 1 unspecified atom stereocenters. The highest BCUT2D eigenvalue weighted by Crippen LogP contribution is 2.22. The molecule has 0 bridgehead atoms.